The molecule has 0 spiro atoms. The van der Waals surface area contributed by atoms with Crippen molar-refractivity contribution < 1.29 is 14.6 Å². The molecule has 0 saturated carbocycles. The predicted octanol–water partition coefficient (Wildman–Crippen LogP) is 2.95. The fourth-order valence-corrected chi connectivity index (χ4v) is 2.63. The van der Waals surface area contributed by atoms with Crippen molar-refractivity contribution in [1.82, 2.24) is 0 Å². The minimum Gasteiger partial charge on any atom is -0.496 e. The van der Waals surface area contributed by atoms with Crippen LogP contribution in [0.2, 0.25) is 0 Å². The van der Waals surface area contributed by atoms with Gasteiger partial charge in [-0.2, -0.15) is 0 Å². The van der Waals surface area contributed by atoms with Crippen LogP contribution in [0.15, 0.2) is 18.2 Å². The quantitative estimate of drug-likeness (QED) is 0.899. The van der Waals surface area contributed by atoms with Crippen LogP contribution >= 0.6 is 0 Å². The highest BCUT2D eigenvalue weighted by Gasteiger charge is 2.29. The summed E-state index contributed by atoms with van der Waals surface area (Å²) in [4.78, 5) is 13.7. The van der Waals surface area contributed by atoms with E-state index in [0.29, 0.717) is 6.42 Å². The number of carboxylic acid groups (broad SMARTS) is 1. The Kier molecular flexibility index (Phi) is 4.21. The number of methoxy groups -OCH3 is 1. The molecule has 0 aliphatic carbocycles. The van der Waals surface area contributed by atoms with Crippen molar-refractivity contribution in [2.45, 2.75) is 33.1 Å². The van der Waals surface area contributed by atoms with E-state index >= 15 is 0 Å². The van der Waals surface area contributed by atoms with Crippen LogP contribution in [0.5, 0.6) is 5.75 Å². The second-order valence-electron chi connectivity index (χ2n) is 6.06. The lowest BCUT2D eigenvalue weighted by atomic mass is 9.85. The molecule has 0 unspecified atom stereocenters. The van der Waals surface area contributed by atoms with Crippen LogP contribution in [0.4, 0.5) is 5.69 Å². The molecule has 4 nitrogen and oxygen atoms in total. The molecule has 0 radical (unpaired) electrons. The first-order valence-electron chi connectivity index (χ1n) is 7.09. The highest BCUT2D eigenvalue weighted by molar-refractivity contribution is 5.74. The van der Waals surface area contributed by atoms with E-state index in [4.69, 9.17) is 4.74 Å². The van der Waals surface area contributed by atoms with Gasteiger partial charge in [0.25, 0.3) is 0 Å². The summed E-state index contributed by atoms with van der Waals surface area (Å²) in [5.74, 6) is -0.0200. The zero-order chi connectivity index (χ0) is 14.8. The SMILES string of the molecule is COc1ccc(N2CCCC2)cc1CC(C)(C)C(=O)O. The predicted molar refractivity (Wildman–Crippen MR) is 79.6 cm³/mol. The van der Waals surface area contributed by atoms with E-state index in [1.165, 1.54) is 18.5 Å². The van der Waals surface area contributed by atoms with Crippen molar-refractivity contribution in [2.75, 3.05) is 25.1 Å². The van der Waals surface area contributed by atoms with Gasteiger partial charge in [0, 0.05) is 18.8 Å². The van der Waals surface area contributed by atoms with Crippen LogP contribution in [0.1, 0.15) is 32.3 Å². The van der Waals surface area contributed by atoms with E-state index in [9.17, 15) is 9.90 Å². The lowest BCUT2D eigenvalue weighted by Gasteiger charge is -2.23. The van der Waals surface area contributed by atoms with Gasteiger partial charge in [0.1, 0.15) is 5.75 Å². The molecule has 0 amide bonds. The molecule has 0 bridgehead atoms. The van der Waals surface area contributed by atoms with E-state index in [1.807, 2.05) is 6.07 Å². The smallest absolute Gasteiger partial charge is 0.309 e. The lowest BCUT2D eigenvalue weighted by molar-refractivity contribution is -0.146. The van der Waals surface area contributed by atoms with Crippen LogP contribution in [0.25, 0.3) is 0 Å². The van der Waals surface area contributed by atoms with Crippen molar-refractivity contribution in [2.24, 2.45) is 5.41 Å². The van der Waals surface area contributed by atoms with Gasteiger partial charge in [-0.05, 0) is 56.9 Å². The monoisotopic (exact) mass is 277 g/mol. The molecule has 110 valence electrons. The first-order valence-corrected chi connectivity index (χ1v) is 7.09. The van der Waals surface area contributed by atoms with Gasteiger partial charge in [0.15, 0.2) is 0 Å². The maximum Gasteiger partial charge on any atom is 0.309 e. The zero-order valence-corrected chi connectivity index (χ0v) is 12.5. The summed E-state index contributed by atoms with van der Waals surface area (Å²) in [6.45, 7) is 5.65. The van der Waals surface area contributed by atoms with Crippen molar-refractivity contribution in [3.8, 4) is 5.75 Å². The number of hydrogen-bond acceptors (Lipinski definition) is 3. The number of aliphatic carboxylic acids is 1. The molecule has 1 heterocycles. The second kappa shape index (κ2) is 5.73. The number of rotatable bonds is 5. The van der Waals surface area contributed by atoms with E-state index < -0.39 is 11.4 Å². The van der Waals surface area contributed by atoms with Gasteiger partial charge >= 0.3 is 5.97 Å². The largest absolute Gasteiger partial charge is 0.496 e. The fourth-order valence-electron chi connectivity index (χ4n) is 2.63. The van der Waals surface area contributed by atoms with E-state index in [-0.39, 0.29) is 0 Å². The minimum absolute atomic E-state index is 0.465. The van der Waals surface area contributed by atoms with Crippen LogP contribution in [0.3, 0.4) is 0 Å². The summed E-state index contributed by atoms with van der Waals surface area (Å²) in [5.41, 5.74) is 1.33. The van der Waals surface area contributed by atoms with Crippen LogP contribution < -0.4 is 9.64 Å². The molecule has 4 heteroatoms. The second-order valence-corrected chi connectivity index (χ2v) is 6.06. The van der Waals surface area contributed by atoms with E-state index in [1.54, 1.807) is 21.0 Å². The maximum atomic E-state index is 11.3. The van der Waals surface area contributed by atoms with Crippen molar-refractivity contribution in [3.63, 3.8) is 0 Å². The van der Waals surface area contributed by atoms with Gasteiger partial charge < -0.3 is 14.7 Å². The Morgan fingerprint density at radius 1 is 1.35 bits per heavy atom. The molecule has 2 rings (SSSR count). The summed E-state index contributed by atoms with van der Waals surface area (Å²) >= 11 is 0. The Morgan fingerprint density at radius 3 is 2.55 bits per heavy atom. The Balaban J connectivity index is 2.29. The van der Waals surface area contributed by atoms with Crippen LogP contribution in [-0.4, -0.2) is 31.3 Å². The first kappa shape index (κ1) is 14.7. The number of hydrogen-bond donors (Lipinski definition) is 1. The van der Waals surface area contributed by atoms with Crippen molar-refractivity contribution in [1.29, 1.82) is 0 Å². The standard InChI is InChI=1S/C16H23NO3/c1-16(2,15(18)19)11-12-10-13(6-7-14(12)20-3)17-8-4-5-9-17/h6-7,10H,4-5,8-9,11H2,1-3H3,(H,18,19). The Morgan fingerprint density at radius 2 is 2.00 bits per heavy atom. The Hall–Kier alpha value is -1.71. The average Bonchev–Trinajstić information content (AvgIpc) is 2.92. The highest BCUT2D eigenvalue weighted by Crippen LogP contribution is 2.32. The molecular weight excluding hydrogens is 254 g/mol. The zero-order valence-electron chi connectivity index (χ0n) is 12.5. The average molecular weight is 277 g/mol. The molecule has 1 saturated heterocycles. The van der Waals surface area contributed by atoms with Crippen molar-refractivity contribution >= 4 is 11.7 Å². The summed E-state index contributed by atoms with van der Waals surface area (Å²) < 4.78 is 5.38. The third-order valence-corrected chi connectivity index (χ3v) is 3.95. The van der Waals surface area contributed by atoms with Gasteiger partial charge in [-0.1, -0.05) is 0 Å². The fraction of sp³-hybridized carbons (Fsp3) is 0.562. The number of anilines is 1. The molecule has 1 aromatic carbocycles. The first-order chi connectivity index (χ1) is 9.44. The summed E-state index contributed by atoms with van der Waals surface area (Å²) in [6.07, 6.45) is 2.91. The molecule has 20 heavy (non-hydrogen) atoms. The summed E-state index contributed by atoms with van der Waals surface area (Å²) in [7, 11) is 1.63. The number of carbonyl (C=O) groups is 1. The topological polar surface area (TPSA) is 49.8 Å². The highest BCUT2D eigenvalue weighted by atomic mass is 16.5. The molecule has 0 atom stereocenters. The Labute approximate surface area is 120 Å². The van der Waals surface area contributed by atoms with Crippen LogP contribution in [0, 0.1) is 5.41 Å². The van der Waals surface area contributed by atoms with Gasteiger partial charge in [-0.3, -0.25) is 4.79 Å². The van der Waals surface area contributed by atoms with Crippen molar-refractivity contribution in [3.05, 3.63) is 23.8 Å². The molecule has 1 aliphatic rings. The lowest BCUT2D eigenvalue weighted by Crippen LogP contribution is -2.26. The number of ether oxygens (including phenoxy) is 1. The third kappa shape index (κ3) is 3.06. The number of carboxylic acids is 1. The summed E-state index contributed by atoms with van der Waals surface area (Å²) in [6, 6.07) is 6.08. The van der Waals surface area contributed by atoms with Gasteiger partial charge in [0.2, 0.25) is 0 Å². The van der Waals surface area contributed by atoms with Gasteiger partial charge in [0.05, 0.1) is 12.5 Å². The molecule has 1 fully saturated rings. The number of nitrogens with zero attached hydrogens (tertiary/aromatic N) is 1. The third-order valence-electron chi connectivity index (χ3n) is 3.95. The molecule has 0 aromatic heterocycles. The van der Waals surface area contributed by atoms with Crippen LogP contribution in [-0.2, 0) is 11.2 Å². The molecular formula is C16H23NO3. The molecule has 1 aliphatic heterocycles. The molecule has 1 aromatic rings. The number of benzene rings is 1. The Bertz CT molecular complexity index is 490. The maximum absolute atomic E-state index is 11.3. The minimum atomic E-state index is -0.795. The van der Waals surface area contributed by atoms with E-state index in [0.717, 1.165) is 24.4 Å². The van der Waals surface area contributed by atoms with Gasteiger partial charge in [-0.15, -0.1) is 0 Å². The summed E-state index contributed by atoms with van der Waals surface area (Å²) in [5, 5.41) is 9.30. The van der Waals surface area contributed by atoms with E-state index in [2.05, 4.69) is 17.0 Å². The molecule has 1 N–H and O–H groups in total. The van der Waals surface area contributed by atoms with Gasteiger partial charge in [-0.25, -0.2) is 0 Å². The normalized spacial score (nSPS) is 15.4.